The molecular formula is C22H23N6O4-. The van der Waals surface area contributed by atoms with Crippen LogP contribution in [0, 0.1) is 5.21 Å². The van der Waals surface area contributed by atoms with Crippen molar-refractivity contribution in [1.82, 2.24) is 18.7 Å². The molecule has 166 valence electrons. The van der Waals surface area contributed by atoms with Crippen molar-refractivity contribution >= 4 is 22.8 Å². The molecule has 4 aromatic rings. The van der Waals surface area contributed by atoms with Gasteiger partial charge in [-0.25, -0.2) is 4.79 Å². The number of anilines is 2. The summed E-state index contributed by atoms with van der Waals surface area (Å²) in [5.41, 5.74) is 1.75. The van der Waals surface area contributed by atoms with Crippen molar-refractivity contribution in [1.29, 1.82) is 0 Å². The molecule has 0 atom stereocenters. The number of rotatable bonds is 7. The largest absolute Gasteiger partial charge is 0.733 e. The lowest BCUT2D eigenvalue weighted by molar-refractivity contribution is 0.296. The predicted octanol–water partition coefficient (Wildman–Crippen LogP) is 1.83. The quantitative estimate of drug-likeness (QED) is 0.425. The monoisotopic (exact) mass is 435 g/mol. The van der Waals surface area contributed by atoms with E-state index in [1.54, 1.807) is 23.7 Å². The van der Waals surface area contributed by atoms with Gasteiger partial charge in [0.15, 0.2) is 11.2 Å². The molecule has 10 heteroatoms. The molecule has 0 aliphatic heterocycles. The minimum Gasteiger partial charge on any atom is -0.733 e. The second-order valence-electron chi connectivity index (χ2n) is 7.50. The van der Waals surface area contributed by atoms with Crippen molar-refractivity contribution in [3.8, 4) is 0 Å². The topological polar surface area (TPSA) is 120 Å². The molecule has 0 radical (unpaired) electrons. The number of fused-ring (bicyclic) bond motifs is 1. The average molecular weight is 435 g/mol. The van der Waals surface area contributed by atoms with E-state index < -0.39 is 11.2 Å². The van der Waals surface area contributed by atoms with Crippen LogP contribution in [-0.2, 0) is 27.1 Å². The van der Waals surface area contributed by atoms with Crippen molar-refractivity contribution in [2.45, 2.75) is 13.0 Å². The molecule has 0 bridgehead atoms. The first-order valence-corrected chi connectivity index (χ1v) is 10.1. The average Bonchev–Trinajstić information content (AvgIpc) is 3.15. The highest BCUT2D eigenvalue weighted by Gasteiger charge is 2.19. The second kappa shape index (κ2) is 8.69. The first kappa shape index (κ1) is 21.3. The Morgan fingerprint density at radius 2 is 1.69 bits per heavy atom. The van der Waals surface area contributed by atoms with Gasteiger partial charge in [0.05, 0.1) is 12.2 Å². The summed E-state index contributed by atoms with van der Waals surface area (Å²) in [7, 11) is 3.01. The van der Waals surface area contributed by atoms with Gasteiger partial charge in [0.2, 0.25) is 5.95 Å². The van der Waals surface area contributed by atoms with E-state index in [2.05, 4.69) is 10.3 Å². The number of aromatic nitrogens is 4. The zero-order chi connectivity index (χ0) is 22.8. The molecule has 2 aromatic heterocycles. The Labute approximate surface area is 183 Å². The minimum atomic E-state index is -0.453. The molecule has 0 aliphatic rings. The number of benzene rings is 2. The molecule has 0 amide bonds. The Hall–Kier alpha value is -3.89. The SMILES string of the molecule is Cn1c(=O)c2c(nc(NCCc3ccccc3)n2Cc2ccc(N([O-])O)cc2)n(C)c1=O. The van der Waals surface area contributed by atoms with Gasteiger partial charge in [-0.2, -0.15) is 4.98 Å². The molecule has 2 heterocycles. The van der Waals surface area contributed by atoms with E-state index in [1.165, 1.54) is 23.7 Å². The van der Waals surface area contributed by atoms with Gasteiger partial charge in [-0.3, -0.25) is 23.7 Å². The molecular weight excluding hydrogens is 412 g/mol. The summed E-state index contributed by atoms with van der Waals surface area (Å²) in [5.74, 6) is 0.464. The summed E-state index contributed by atoms with van der Waals surface area (Å²) in [6.07, 6.45) is 0.755. The normalized spacial score (nSPS) is 11.1. The van der Waals surface area contributed by atoms with E-state index in [-0.39, 0.29) is 23.1 Å². The number of hydrogen-bond donors (Lipinski definition) is 2. The molecule has 0 spiro atoms. The van der Waals surface area contributed by atoms with Gasteiger partial charge in [0, 0.05) is 20.6 Å². The van der Waals surface area contributed by atoms with E-state index in [4.69, 9.17) is 5.21 Å². The standard InChI is InChI=1S/C22H23N6O4/c1-25-19-18(20(29)26(2)22(25)30)27(14-16-8-10-17(11-9-16)28(31)32)21(24-19)23-13-12-15-6-4-3-5-7-15/h3-11,31H,12-14H2,1-2H3,(H,23,24)/q-1. The van der Waals surface area contributed by atoms with Gasteiger partial charge in [-0.1, -0.05) is 42.5 Å². The van der Waals surface area contributed by atoms with Crippen LogP contribution >= 0.6 is 0 Å². The van der Waals surface area contributed by atoms with Gasteiger partial charge in [-0.15, -0.1) is 0 Å². The molecule has 2 N–H and O–H groups in total. The third kappa shape index (κ3) is 4.01. The van der Waals surface area contributed by atoms with Crippen molar-refractivity contribution in [3.05, 3.63) is 91.8 Å². The molecule has 0 unspecified atom stereocenters. The number of hydrogen-bond acceptors (Lipinski definition) is 7. The Kier molecular flexibility index (Phi) is 5.80. The summed E-state index contributed by atoms with van der Waals surface area (Å²) >= 11 is 0. The van der Waals surface area contributed by atoms with E-state index in [0.717, 1.165) is 22.1 Å². The lowest BCUT2D eigenvalue weighted by Gasteiger charge is -2.21. The molecule has 10 nitrogen and oxygen atoms in total. The van der Waals surface area contributed by atoms with Crippen LogP contribution in [0.25, 0.3) is 11.2 Å². The third-order valence-corrected chi connectivity index (χ3v) is 5.39. The van der Waals surface area contributed by atoms with Crippen molar-refractivity contribution in [3.63, 3.8) is 0 Å². The van der Waals surface area contributed by atoms with E-state index >= 15 is 0 Å². The number of imidazole rings is 1. The molecule has 32 heavy (non-hydrogen) atoms. The summed E-state index contributed by atoms with van der Waals surface area (Å²) in [6, 6.07) is 16.3. The maximum absolute atomic E-state index is 12.9. The predicted molar refractivity (Wildman–Crippen MR) is 122 cm³/mol. The van der Waals surface area contributed by atoms with E-state index in [9.17, 15) is 14.8 Å². The summed E-state index contributed by atoms with van der Waals surface area (Å²) in [4.78, 5) is 29.9. The maximum atomic E-state index is 12.9. The van der Waals surface area contributed by atoms with Gasteiger partial charge in [0.25, 0.3) is 5.56 Å². The fourth-order valence-electron chi connectivity index (χ4n) is 3.61. The molecule has 0 saturated carbocycles. The number of nitrogens with zero attached hydrogens (tertiary/aromatic N) is 5. The van der Waals surface area contributed by atoms with Crippen LogP contribution in [0.3, 0.4) is 0 Å². The third-order valence-electron chi connectivity index (χ3n) is 5.39. The molecule has 0 fully saturated rings. The highest BCUT2D eigenvalue weighted by atomic mass is 16.8. The summed E-state index contributed by atoms with van der Waals surface area (Å²) in [5, 5.41) is 23.2. The lowest BCUT2D eigenvalue weighted by atomic mass is 10.1. The smallest absolute Gasteiger partial charge is 0.332 e. The first-order valence-electron chi connectivity index (χ1n) is 10.1. The fourth-order valence-corrected chi connectivity index (χ4v) is 3.61. The number of nitrogens with one attached hydrogen (secondary N) is 1. The Bertz CT molecular complexity index is 1350. The van der Waals surface area contributed by atoms with Crippen LogP contribution in [0.4, 0.5) is 11.6 Å². The highest BCUT2D eigenvalue weighted by molar-refractivity contribution is 5.74. The van der Waals surface area contributed by atoms with Gasteiger partial charge < -0.3 is 15.8 Å². The second-order valence-corrected chi connectivity index (χ2v) is 7.50. The zero-order valence-electron chi connectivity index (χ0n) is 17.7. The fraction of sp³-hybridized carbons (Fsp3) is 0.227. The van der Waals surface area contributed by atoms with Crippen molar-refractivity contribution in [2.24, 2.45) is 14.1 Å². The van der Waals surface area contributed by atoms with Crippen molar-refractivity contribution in [2.75, 3.05) is 17.1 Å². The number of aryl methyl sites for hydroxylation is 1. The van der Waals surface area contributed by atoms with Crippen LogP contribution < -0.4 is 21.8 Å². The van der Waals surface area contributed by atoms with Gasteiger partial charge >= 0.3 is 5.69 Å². The van der Waals surface area contributed by atoms with Crippen LogP contribution in [0.2, 0.25) is 0 Å². The Balaban J connectivity index is 1.74. The zero-order valence-corrected chi connectivity index (χ0v) is 17.7. The van der Waals surface area contributed by atoms with E-state index in [1.807, 2.05) is 30.3 Å². The van der Waals surface area contributed by atoms with Crippen LogP contribution in [0.5, 0.6) is 0 Å². The minimum absolute atomic E-state index is 0.101. The first-order chi connectivity index (χ1) is 15.4. The van der Waals surface area contributed by atoms with Crippen molar-refractivity contribution < 1.29 is 5.21 Å². The van der Waals surface area contributed by atoms with Gasteiger partial charge in [-0.05, 0) is 29.7 Å². The highest BCUT2D eigenvalue weighted by Crippen LogP contribution is 2.20. The summed E-state index contributed by atoms with van der Waals surface area (Å²) < 4.78 is 4.13. The maximum Gasteiger partial charge on any atom is 0.332 e. The summed E-state index contributed by atoms with van der Waals surface area (Å²) in [6.45, 7) is 0.859. The van der Waals surface area contributed by atoms with Crippen LogP contribution in [0.1, 0.15) is 11.1 Å². The molecule has 2 aromatic carbocycles. The Morgan fingerprint density at radius 1 is 1.00 bits per heavy atom. The molecule has 4 rings (SSSR count). The van der Waals surface area contributed by atoms with Crippen LogP contribution in [0.15, 0.2) is 64.2 Å². The van der Waals surface area contributed by atoms with Gasteiger partial charge in [0.1, 0.15) is 0 Å². The molecule has 0 saturated heterocycles. The Morgan fingerprint density at radius 3 is 2.34 bits per heavy atom. The van der Waals surface area contributed by atoms with E-state index in [0.29, 0.717) is 18.0 Å². The lowest BCUT2D eigenvalue weighted by Crippen LogP contribution is -2.37. The van der Waals surface area contributed by atoms with Crippen LogP contribution in [-0.4, -0.2) is 30.4 Å². The molecule has 0 aliphatic carbocycles.